The van der Waals surface area contributed by atoms with Gasteiger partial charge in [-0.15, -0.1) is 0 Å². The van der Waals surface area contributed by atoms with Crippen molar-refractivity contribution in [2.75, 3.05) is 31.6 Å². The van der Waals surface area contributed by atoms with Crippen molar-refractivity contribution in [2.24, 2.45) is 0 Å². The molecule has 1 aliphatic heterocycles. The highest BCUT2D eigenvalue weighted by molar-refractivity contribution is 14.1. The molecule has 7 nitrogen and oxygen atoms in total. The second-order valence-corrected chi connectivity index (χ2v) is 10.2. The fourth-order valence-corrected chi connectivity index (χ4v) is 5.91. The molecular weight excluding hydrogens is 513 g/mol. The molecule has 0 bridgehead atoms. The molecule has 2 aromatic carbocycles. The third-order valence-corrected chi connectivity index (χ3v) is 8.08. The lowest BCUT2D eigenvalue weighted by Gasteiger charge is -2.25. The van der Waals surface area contributed by atoms with Crippen LogP contribution in [0.15, 0.2) is 47.4 Å². The predicted molar refractivity (Wildman–Crippen MR) is 116 cm³/mol. The van der Waals surface area contributed by atoms with Gasteiger partial charge in [0.1, 0.15) is 0 Å². The van der Waals surface area contributed by atoms with E-state index >= 15 is 0 Å². The topological polar surface area (TPSA) is 88.6 Å². The zero-order valence-corrected chi connectivity index (χ0v) is 18.4. The van der Waals surface area contributed by atoms with Crippen LogP contribution in [0, 0.1) is 3.57 Å². The Morgan fingerprint density at radius 1 is 1.18 bits per heavy atom. The van der Waals surface area contributed by atoms with Gasteiger partial charge in [-0.3, -0.25) is 10.1 Å². The maximum absolute atomic E-state index is 12.8. The van der Waals surface area contributed by atoms with E-state index in [1.54, 1.807) is 30.3 Å². The summed E-state index contributed by atoms with van der Waals surface area (Å²) in [7, 11) is -3.57. The summed E-state index contributed by atoms with van der Waals surface area (Å²) in [6, 6.07) is 12.1. The Balaban J connectivity index is 1.60. The van der Waals surface area contributed by atoms with Gasteiger partial charge in [-0.05, 0) is 52.9 Å². The van der Waals surface area contributed by atoms with Crippen LogP contribution in [0.1, 0.15) is 10.4 Å². The average molecular weight is 529 g/mol. The van der Waals surface area contributed by atoms with Crippen LogP contribution in [-0.4, -0.2) is 49.9 Å². The van der Waals surface area contributed by atoms with Crippen molar-refractivity contribution in [1.82, 2.24) is 9.29 Å². The first-order chi connectivity index (χ1) is 13.4. The summed E-state index contributed by atoms with van der Waals surface area (Å²) in [5.41, 5.74) is 1.21. The van der Waals surface area contributed by atoms with Gasteiger partial charge >= 0.3 is 0 Å². The number of nitrogens with zero attached hydrogens (tertiary/aromatic N) is 2. The third kappa shape index (κ3) is 3.92. The van der Waals surface area contributed by atoms with Gasteiger partial charge in [-0.2, -0.15) is 4.31 Å². The number of nitrogens with one attached hydrogen (secondary N) is 1. The molecule has 0 radical (unpaired) electrons. The first-order valence-corrected chi connectivity index (χ1v) is 11.8. The van der Waals surface area contributed by atoms with E-state index in [1.165, 1.54) is 15.6 Å². The summed E-state index contributed by atoms with van der Waals surface area (Å²) < 4.78 is 33.9. The van der Waals surface area contributed by atoms with Crippen molar-refractivity contribution in [1.29, 1.82) is 0 Å². The van der Waals surface area contributed by atoms with E-state index in [0.29, 0.717) is 47.2 Å². The summed E-state index contributed by atoms with van der Waals surface area (Å²) >= 11 is 3.36. The van der Waals surface area contributed by atoms with Gasteiger partial charge in [0, 0.05) is 16.7 Å². The first-order valence-electron chi connectivity index (χ1n) is 8.49. The standard InChI is InChI=1S/C18H16IN3O4S2/c19-14-4-2-1-3-13(14)17(23)21-18-20-15-6-5-12(11-16(15)27-18)28(24,25)22-7-9-26-10-8-22/h1-6,11H,7-10H2,(H,20,21,23). The Bertz CT molecular complexity index is 1140. The molecule has 10 heteroatoms. The molecule has 1 aromatic heterocycles. The smallest absolute Gasteiger partial charge is 0.258 e. The number of hydrogen-bond donors (Lipinski definition) is 1. The third-order valence-electron chi connectivity index (χ3n) is 4.31. The molecule has 3 aromatic rings. The Hall–Kier alpha value is -1.60. The highest BCUT2D eigenvalue weighted by Crippen LogP contribution is 2.30. The van der Waals surface area contributed by atoms with Crippen LogP contribution in [0.25, 0.3) is 10.2 Å². The van der Waals surface area contributed by atoms with Crippen LogP contribution in [0.4, 0.5) is 5.13 Å². The maximum atomic E-state index is 12.8. The fraction of sp³-hybridized carbons (Fsp3) is 0.222. The van der Waals surface area contributed by atoms with Crippen LogP contribution in [-0.2, 0) is 14.8 Å². The van der Waals surface area contributed by atoms with E-state index in [2.05, 4.69) is 32.9 Å². The zero-order valence-electron chi connectivity index (χ0n) is 14.6. The van der Waals surface area contributed by atoms with Crippen molar-refractivity contribution >= 4 is 65.2 Å². The molecule has 1 fully saturated rings. The Morgan fingerprint density at radius 3 is 2.68 bits per heavy atom. The van der Waals surface area contributed by atoms with E-state index in [1.807, 2.05) is 12.1 Å². The van der Waals surface area contributed by atoms with Gasteiger partial charge in [0.15, 0.2) is 5.13 Å². The Kier molecular flexibility index (Phi) is 5.65. The molecule has 0 saturated carbocycles. The number of sulfonamides is 1. The number of morpholine rings is 1. The molecule has 2 heterocycles. The van der Waals surface area contributed by atoms with Crippen LogP contribution < -0.4 is 5.32 Å². The first kappa shape index (κ1) is 19.7. The van der Waals surface area contributed by atoms with Crippen LogP contribution in [0.2, 0.25) is 0 Å². The minimum Gasteiger partial charge on any atom is -0.379 e. The molecule has 146 valence electrons. The minimum atomic E-state index is -3.57. The van der Waals surface area contributed by atoms with Crippen molar-refractivity contribution < 1.29 is 17.9 Å². The number of halogens is 1. The number of carbonyl (C=O) groups excluding carboxylic acids is 1. The maximum Gasteiger partial charge on any atom is 0.258 e. The number of rotatable bonds is 4. The fourth-order valence-electron chi connectivity index (χ4n) is 2.86. The number of anilines is 1. The second kappa shape index (κ2) is 8.03. The van der Waals surface area contributed by atoms with Gasteiger partial charge in [0.2, 0.25) is 10.0 Å². The predicted octanol–water partition coefficient (Wildman–Crippen LogP) is 3.17. The lowest BCUT2D eigenvalue weighted by molar-refractivity contribution is 0.0730. The van der Waals surface area contributed by atoms with Gasteiger partial charge < -0.3 is 4.74 Å². The molecule has 28 heavy (non-hydrogen) atoms. The number of benzene rings is 2. The highest BCUT2D eigenvalue weighted by atomic mass is 127. The lowest BCUT2D eigenvalue weighted by Crippen LogP contribution is -2.40. The lowest BCUT2D eigenvalue weighted by atomic mass is 10.2. The molecular formula is C18H16IN3O4S2. The number of thiazole rings is 1. The van der Waals surface area contributed by atoms with Crippen molar-refractivity contribution in [2.45, 2.75) is 4.90 Å². The molecule has 1 N–H and O–H groups in total. The molecule has 0 atom stereocenters. The molecule has 0 spiro atoms. The van der Waals surface area contributed by atoms with Gasteiger partial charge in [0.25, 0.3) is 5.91 Å². The van der Waals surface area contributed by atoms with E-state index in [9.17, 15) is 13.2 Å². The SMILES string of the molecule is O=C(Nc1nc2ccc(S(=O)(=O)N3CCOCC3)cc2s1)c1ccccc1I. The number of hydrogen-bond acceptors (Lipinski definition) is 6. The summed E-state index contributed by atoms with van der Waals surface area (Å²) in [5, 5.41) is 3.23. The molecule has 0 aliphatic carbocycles. The Labute approximate surface area is 179 Å². The van der Waals surface area contributed by atoms with Crippen molar-refractivity contribution in [3.05, 3.63) is 51.6 Å². The van der Waals surface area contributed by atoms with E-state index in [0.717, 1.165) is 3.57 Å². The molecule has 4 rings (SSSR count). The quantitative estimate of drug-likeness (QED) is 0.525. The largest absolute Gasteiger partial charge is 0.379 e. The highest BCUT2D eigenvalue weighted by Gasteiger charge is 2.26. The van der Waals surface area contributed by atoms with Crippen LogP contribution in [0.5, 0.6) is 0 Å². The minimum absolute atomic E-state index is 0.223. The summed E-state index contributed by atoms with van der Waals surface area (Å²) in [5.74, 6) is -0.245. The molecule has 0 unspecified atom stereocenters. The molecule has 1 saturated heterocycles. The average Bonchev–Trinajstić information content (AvgIpc) is 3.10. The number of fused-ring (bicyclic) bond motifs is 1. The Morgan fingerprint density at radius 2 is 1.93 bits per heavy atom. The van der Waals surface area contributed by atoms with Crippen molar-refractivity contribution in [3.63, 3.8) is 0 Å². The molecule has 1 aliphatic rings. The van der Waals surface area contributed by atoms with E-state index in [-0.39, 0.29) is 10.8 Å². The summed E-state index contributed by atoms with van der Waals surface area (Å²) in [4.78, 5) is 17.1. The van der Waals surface area contributed by atoms with Gasteiger partial charge in [-0.25, -0.2) is 13.4 Å². The number of ether oxygens (including phenoxy) is 1. The molecule has 1 amide bonds. The summed E-state index contributed by atoms with van der Waals surface area (Å²) in [6.45, 7) is 1.49. The normalized spacial score (nSPS) is 15.6. The van der Waals surface area contributed by atoms with E-state index in [4.69, 9.17) is 4.74 Å². The van der Waals surface area contributed by atoms with Crippen LogP contribution >= 0.6 is 33.9 Å². The van der Waals surface area contributed by atoms with Gasteiger partial charge in [0.05, 0.1) is 33.9 Å². The van der Waals surface area contributed by atoms with Gasteiger partial charge in [-0.1, -0.05) is 23.5 Å². The van der Waals surface area contributed by atoms with Crippen LogP contribution in [0.3, 0.4) is 0 Å². The summed E-state index contributed by atoms with van der Waals surface area (Å²) in [6.07, 6.45) is 0. The zero-order chi connectivity index (χ0) is 19.7. The second-order valence-electron chi connectivity index (χ2n) is 6.10. The monoisotopic (exact) mass is 529 g/mol. The number of carbonyl (C=O) groups is 1. The number of aromatic nitrogens is 1. The van der Waals surface area contributed by atoms with Crippen molar-refractivity contribution in [3.8, 4) is 0 Å². The number of amides is 1. The van der Waals surface area contributed by atoms with E-state index < -0.39 is 10.0 Å².